The van der Waals surface area contributed by atoms with Gasteiger partial charge < -0.3 is 21.5 Å². The molecule has 6 nitrogen and oxygen atoms in total. The Hall–Kier alpha value is -1.51. The Bertz CT molecular complexity index is 965. The number of benzene rings is 2. The summed E-state index contributed by atoms with van der Waals surface area (Å²) < 4.78 is 5.90. The van der Waals surface area contributed by atoms with E-state index in [0.717, 1.165) is 23.5 Å². The normalized spacial score (nSPS) is 12.0. The summed E-state index contributed by atoms with van der Waals surface area (Å²) in [5.41, 5.74) is 0.941. The van der Waals surface area contributed by atoms with Gasteiger partial charge in [-0.05, 0) is 49.6 Å². The van der Waals surface area contributed by atoms with Crippen LogP contribution in [-0.2, 0) is 11.2 Å². The number of aliphatic hydroxyl groups excluding tert-OH is 1. The van der Waals surface area contributed by atoms with Crippen LogP contribution < -0.4 is 34.3 Å². The van der Waals surface area contributed by atoms with E-state index in [-0.39, 0.29) is 48.9 Å². The fourth-order valence-electron chi connectivity index (χ4n) is 3.64. The Morgan fingerprint density at radius 3 is 2.35 bits per heavy atom. The van der Waals surface area contributed by atoms with Gasteiger partial charge in [-0.3, -0.25) is 9.59 Å². The number of aliphatic carboxylic acids is 1. The van der Waals surface area contributed by atoms with Crippen LogP contribution in [0.15, 0.2) is 41.3 Å². The number of hydrogen-bond acceptors (Lipinski definition) is 6. The number of ketones is 1. The second kappa shape index (κ2) is 14.1. The molecule has 0 saturated heterocycles. The van der Waals surface area contributed by atoms with Crippen molar-refractivity contribution < 1.29 is 60.6 Å². The van der Waals surface area contributed by atoms with E-state index in [9.17, 15) is 19.8 Å². The number of rotatable bonds is 13. The van der Waals surface area contributed by atoms with Crippen molar-refractivity contribution in [2.24, 2.45) is 5.41 Å². The first-order valence-electron chi connectivity index (χ1n) is 11.2. The summed E-state index contributed by atoms with van der Waals surface area (Å²) in [6.07, 6.45) is 1.29. The molecule has 2 aromatic rings. The van der Waals surface area contributed by atoms with Crippen LogP contribution in [0.5, 0.6) is 11.5 Å². The standard InChI is InChI=1S/C26H34O6S.Na.H/c1-5-7-21-22(13-12-20(17(2)27)24(21)30)32-14-6-15-33-19-10-8-18(9-11-19)25(31)26(3,4)16-23(28)29;;/h8-13,25,30-31H,5-7,14-16H2,1-4H3,(H,28,29);;/q;+1;-1. The van der Waals surface area contributed by atoms with Gasteiger partial charge in [-0.15, -0.1) is 11.8 Å². The van der Waals surface area contributed by atoms with Gasteiger partial charge in [0.15, 0.2) is 5.78 Å². The van der Waals surface area contributed by atoms with Crippen LogP contribution in [0.2, 0.25) is 0 Å². The molecule has 34 heavy (non-hydrogen) atoms. The third-order valence-corrected chi connectivity index (χ3v) is 6.58. The van der Waals surface area contributed by atoms with E-state index in [1.807, 2.05) is 31.2 Å². The molecule has 0 aromatic heterocycles. The molecule has 0 spiro atoms. The number of ether oxygens (including phenoxy) is 1. The largest absolute Gasteiger partial charge is 1.00 e. The van der Waals surface area contributed by atoms with Gasteiger partial charge in [-0.2, -0.15) is 0 Å². The van der Waals surface area contributed by atoms with E-state index in [1.165, 1.54) is 6.92 Å². The number of hydrogen-bond donors (Lipinski definition) is 3. The van der Waals surface area contributed by atoms with Crippen LogP contribution in [0, 0.1) is 5.41 Å². The topological polar surface area (TPSA) is 104 Å². The number of phenolic OH excluding ortho intramolecular Hbond substituents is 1. The first-order chi connectivity index (χ1) is 15.6. The van der Waals surface area contributed by atoms with Gasteiger partial charge in [0.1, 0.15) is 11.5 Å². The van der Waals surface area contributed by atoms with Gasteiger partial charge in [0, 0.05) is 21.6 Å². The van der Waals surface area contributed by atoms with E-state index < -0.39 is 17.5 Å². The van der Waals surface area contributed by atoms with Crippen LogP contribution in [-0.4, -0.2) is 39.4 Å². The van der Waals surface area contributed by atoms with E-state index in [4.69, 9.17) is 9.84 Å². The molecule has 0 bridgehead atoms. The first kappa shape index (κ1) is 30.5. The fraction of sp³-hybridized carbons (Fsp3) is 0.462. The summed E-state index contributed by atoms with van der Waals surface area (Å²) >= 11 is 1.67. The second-order valence-corrected chi connectivity index (χ2v) is 9.99. The molecule has 0 heterocycles. The van der Waals surface area contributed by atoms with Crippen molar-refractivity contribution in [3.8, 4) is 11.5 Å². The maximum absolute atomic E-state index is 11.7. The monoisotopic (exact) mass is 498 g/mol. The Morgan fingerprint density at radius 2 is 1.79 bits per heavy atom. The zero-order valence-corrected chi connectivity index (χ0v) is 23.6. The van der Waals surface area contributed by atoms with Gasteiger partial charge in [0.25, 0.3) is 0 Å². The van der Waals surface area contributed by atoms with E-state index in [0.29, 0.717) is 35.5 Å². The van der Waals surface area contributed by atoms with Crippen LogP contribution in [0.25, 0.3) is 0 Å². The number of carbonyl (C=O) groups is 2. The van der Waals surface area contributed by atoms with Crippen molar-refractivity contribution in [3.05, 3.63) is 53.1 Å². The molecule has 1 unspecified atom stereocenters. The zero-order chi connectivity index (χ0) is 24.6. The Balaban J connectivity index is 0.00000578. The summed E-state index contributed by atoms with van der Waals surface area (Å²) in [6.45, 7) is 7.43. The van der Waals surface area contributed by atoms with Crippen molar-refractivity contribution in [2.75, 3.05) is 12.4 Å². The minimum atomic E-state index is -0.930. The molecule has 0 aliphatic heterocycles. The Morgan fingerprint density at radius 1 is 1.15 bits per heavy atom. The molecule has 0 aliphatic carbocycles. The first-order valence-corrected chi connectivity index (χ1v) is 12.2. The van der Waals surface area contributed by atoms with Gasteiger partial charge >= 0.3 is 35.5 Å². The van der Waals surface area contributed by atoms with E-state index in [1.54, 1.807) is 37.7 Å². The van der Waals surface area contributed by atoms with Crippen molar-refractivity contribution in [1.82, 2.24) is 0 Å². The van der Waals surface area contributed by atoms with E-state index >= 15 is 0 Å². The summed E-state index contributed by atoms with van der Waals surface area (Å²) in [5, 5.41) is 30.0. The minimum absolute atomic E-state index is 0. The Kier molecular flexibility index (Phi) is 12.7. The fourth-order valence-corrected chi connectivity index (χ4v) is 4.47. The van der Waals surface area contributed by atoms with Crippen molar-refractivity contribution in [2.45, 2.75) is 64.4 Å². The molecule has 0 radical (unpaired) electrons. The zero-order valence-electron chi connectivity index (χ0n) is 21.8. The molecule has 8 heteroatoms. The Labute approximate surface area is 229 Å². The van der Waals surface area contributed by atoms with Crippen LogP contribution in [0.4, 0.5) is 0 Å². The van der Waals surface area contributed by atoms with Crippen molar-refractivity contribution in [3.63, 3.8) is 0 Å². The molecule has 3 N–H and O–H groups in total. The summed E-state index contributed by atoms with van der Waals surface area (Å²) in [7, 11) is 0. The number of aromatic hydroxyl groups is 1. The predicted octanol–water partition coefficient (Wildman–Crippen LogP) is 2.76. The number of carboxylic acid groups (broad SMARTS) is 1. The average Bonchev–Trinajstić information content (AvgIpc) is 2.74. The van der Waals surface area contributed by atoms with Crippen LogP contribution in [0.1, 0.15) is 76.0 Å². The maximum atomic E-state index is 11.7. The molecule has 0 amide bonds. The van der Waals surface area contributed by atoms with Gasteiger partial charge in [0.05, 0.1) is 24.7 Å². The molecular formula is C26H35NaO6S. The van der Waals surface area contributed by atoms with Crippen molar-refractivity contribution in [1.29, 1.82) is 0 Å². The molecule has 0 aliphatic rings. The van der Waals surface area contributed by atoms with Gasteiger partial charge in [0.2, 0.25) is 0 Å². The SMILES string of the molecule is CCCc1c(OCCCSc2ccc(C(O)C(C)(C)CC(=O)O)cc2)ccc(C(C)=O)c1O.[H-].[Na+]. The number of aliphatic hydroxyl groups is 1. The molecule has 182 valence electrons. The molecule has 2 rings (SSSR count). The smallest absolute Gasteiger partial charge is 1.00 e. The molecule has 0 fully saturated rings. The maximum Gasteiger partial charge on any atom is 1.00 e. The molecule has 0 saturated carbocycles. The molecular weight excluding hydrogens is 463 g/mol. The minimum Gasteiger partial charge on any atom is -1.00 e. The summed E-state index contributed by atoms with van der Waals surface area (Å²) in [6, 6.07) is 10.9. The third kappa shape index (κ3) is 8.61. The van der Waals surface area contributed by atoms with Gasteiger partial charge in [-0.25, -0.2) is 0 Å². The van der Waals surface area contributed by atoms with Gasteiger partial charge in [-0.1, -0.05) is 39.3 Å². The molecule has 1 atom stereocenters. The number of carboxylic acids is 1. The third-order valence-electron chi connectivity index (χ3n) is 5.48. The van der Waals surface area contributed by atoms with Crippen LogP contribution >= 0.6 is 11.8 Å². The summed E-state index contributed by atoms with van der Waals surface area (Å²) in [5.74, 6) is 0.362. The van der Waals surface area contributed by atoms with Crippen molar-refractivity contribution >= 4 is 23.5 Å². The number of Topliss-reactive ketones (excluding diaryl/α,β-unsaturated/α-hetero) is 1. The van der Waals surface area contributed by atoms with E-state index in [2.05, 4.69) is 0 Å². The molecule has 2 aromatic carbocycles. The number of carbonyl (C=O) groups excluding carboxylic acids is 1. The number of phenols is 1. The average molecular weight is 499 g/mol. The predicted molar refractivity (Wildman–Crippen MR) is 131 cm³/mol. The summed E-state index contributed by atoms with van der Waals surface area (Å²) in [4.78, 5) is 23.8. The quantitative estimate of drug-likeness (QED) is 0.169. The van der Waals surface area contributed by atoms with Crippen LogP contribution in [0.3, 0.4) is 0 Å². The number of thioether (sulfide) groups is 1. The second-order valence-electron chi connectivity index (χ2n) is 8.83.